The number of anilines is 2. The van der Waals surface area contributed by atoms with Gasteiger partial charge in [-0.05, 0) is 23.8 Å². The Morgan fingerprint density at radius 1 is 0.943 bits per heavy atom. The number of nitrogens with zero attached hydrogens (tertiary/aromatic N) is 3. The van der Waals surface area contributed by atoms with Gasteiger partial charge >= 0.3 is 0 Å². The molecule has 0 atom stereocenters. The van der Waals surface area contributed by atoms with Crippen LogP contribution < -0.4 is 14.9 Å². The smallest absolute Gasteiger partial charge is 0.253 e. The number of hydrogen-bond acceptors (Lipinski definition) is 7. The van der Waals surface area contributed by atoms with Crippen molar-refractivity contribution in [2.45, 2.75) is 6.54 Å². The summed E-state index contributed by atoms with van der Waals surface area (Å²) < 4.78 is 31.4. The third-order valence-electron chi connectivity index (χ3n) is 6.32. The van der Waals surface area contributed by atoms with Gasteiger partial charge in [0.05, 0.1) is 25.0 Å². The SMILES string of the molecule is CS(=O)(=O)Nc1ccc(N2CCN(Cc3ccccc3)CC2)c(C(=O)NCCN2CCOCC2)c1. The van der Waals surface area contributed by atoms with Gasteiger partial charge in [-0.2, -0.15) is 0 Å². The monoisotopic (exact) mass is 501 g/mol. The Kier molecular flexibility index (Phi) is 8.61. The predicted molar refractivity (Wildman–Crippen MR) is 138 cm³/mol. The topological polar surface area (TPSA) is 94.2 Å². The molecule has 0 unspecified atom stereocenters. The van der Waals surface area contributed by atoms with Crippen LogP contribution >= 0.6 is 0 Å². The zero-order valence-corrected chi connectivity index (χ0v) is 21.1. The first kappa shape index (κ1) is 25.4. The van der Waals surface area contributed by atoms with Crippen LogP contribution in [0.25, 0.3) is 0 Å². The van der Waals surface area contributed by atoms with E-state index >= 15 is 0 Å². The summed E-state index contributed by atoms with van der Waals surface area (Å²) in [5.74, 6) is -0.197. The van der Waals surface area contributed by atoms with Crippen LogP contribution in [0.3, 0.4) is 0 Å². The number of ether oxygens (including phenoxy) is 1. The fraction of sp³-hybridized carbons (Fsp3) is 0.480. The summed E-state index contributed by atoms with van der Waals surface area (Å²) in [6, 6.07) is 15.6. The number of carbonyl (C=O) groups is 1. The van der Waals surface area contributed by atoms with Crippen molar-refractivity contribution < 1.29 is 17.9 Å². The van der Waals surface area contributed by atoms with Crippen LogP contribution in [0.4, 0.5) is 11.4 Å². The Balaban J connectivity index is 1.43. The fourth-order valence-electron chi connectivity index (χ4n) is 4.51. The molecule has 35 heavy (non-hydrogen) atoms. The molecular weight excluding hydrogens is 466 g/mol. The highest BCUT2D eigenvalue weighted by molar-refractivity contribution is 7.92. The third kappa shape index (κ3) is 7.66. The van der Waals surface area contributed by atoms with Crippen LogP contribution in [0.1, 0.15) is 15.9 Å². The molecule has 0 spiro atoms. The first-order valence-electron chi connectivity index (χ1n) is 12.1. The lowest BCUT2D eigenvalue weighted by molar-refractivity contribution is 0.0383. The molecule has 2 fully saturated rings. The highest BCUT2D eigenvalue weighted by Crippen LogP contribution is 2.26. The van der Waals surface area contributed by atoms with E-state index in [1.54, 1.807) is 12.1 Å². The molecule has 1 amide bonds. The van der Waals surface area contributed by atoms with Crippen molar-refractivity contribution >= 4 is 27.3 Å². The highest BCUT2D eigenvalue weighted by Gasteiger charge is 2.23. The molecule has 2 aliphatic rings. The molecule has 2 saturated heterocycles. The Bertz CT molecular complexity index is 1080. The Labute approximate surface area is 208 Å². The normalized spacial score (nSPS) is 17.8. The van der Waals surface area contributed by atoms with Crippen molar-refractivity contribution in [2.75, 3.05) is 81.4 Å². The van der Waals surface area contributed by atoms with Crippen LogP contribution in [0.5, 0.6) is 0 Å². The van der Waals surface area contributed by atoms with Gasteiger partial charge in [0.1, 0.15) is 0 Å². The second-order valence-electron chi connectivity index (χ2n) is 9.06. The zero-order valence-electron chi connectivity index (χ0n) is 20.3. The van der Waals surface area contributed by atoms with Crippen molar-refractivity contribution in [1.29, 1.82) is 0 Å². The van der Waals surface area contributed by atoms with E-state index in [2.05, 4.69) is 49.0 Å². The van der Waals surface area contributed by atoms with Crippen molar-refractivity contribution in [3.63, 3.8) is 0 Å². The Morgan fingerprint density at radius 2 is 1.66 bits per heavy atom. The minimum absolute atomic E-state index is 0.197. The molecule has 2 N–H and O–H groups in total. The van der Waals surface area contributed by atoms with Gasteiger partial charge in [-0.25, -0.2) is 8.42 Å². The maximum absolute atomic E-state index is 13.2. The second kappa shape index (κ2) is 11.9. The minimum Gasteiger partial charge on any atom is -0.379 e. The van der Waals surface area contributed by atoms with Gasteiger partial charge < -0.3 is 15.0 Å². The minimum atomic E-state index is -3.45. The molecule has 2 aliphatic heterocycles. The van der Waals surface area contributed by atoms with Crippen molar-refractivity contribution in [1.82, 2.24) is 15.1 Å². The predicted octanol–water partition coefficient (Wildman–Crippen LogP) is 1.44. The molecule has 2 aromatic carbocycles. The van der Waals surface area contributed by atoms with E-state index in [-0.39, 0.29) is 5.91 Å². The van der Waals surface area contributed by atoms with Gasteiger partial charge in [-0.15, -0.1) is 0 Å². The van der Waals surface area contributed by atoms with E-state index in [9.17, 15) is 13.2 Å². The maximum atomic E-state index is 13.2. The van der Waals surface area contributed by atoms with Crippen molar-refractivity contribution in [2.24, 2.45) is 0 Å². The first-order valence-corrected chi connectivity index (χ1v) is 14.0. The van der Waals surface area contributed by atoms with E-state index in [0.717, 1.165) is 64.3 Å². The number of piperazine rings is 1. The molecule has 190 valence electrons. The standard InChI is InChI=1S/C25H35N5O4S/c1-35(32,33)27-22-7-8-24(23(19-22)25(31)26-9-10-28-15-17-34-18-16-28)30-13-11-29(12-14-30)20-21-5-3-2-4-6-21/h2-8,19,27H,9-18,20H2,1H3,(H,26,31). The summed E-state index contributed by atoms with van der Waals surface area (Å²) in [4.78, 5) is 20.1. The molecule has 2 heterocycles. The molecule has 0 aromatic heterocycles. The molecule has 0 aliphatic carbocycles. The average molecular weight is 502 g/mol. The summed E-state index contributed by atoms with van der Waals surface area (Å²) >= 11 is 0. The molecular formula is C25H35N5O4S. The van der Waals surface area contributed by atoms with E-state index < -0.39 is 10.0 Å². The average Bonchev–Trinajstić information content (AvgIpc) is 2.85. The van der Waals surface area contributed by atoms with Gasteiger partial charge in [0, 0.05) is 70.3 Å². The molecule has 9 nitrogen and oxygen atoms in total. The number of nitrogens with one attached hydrogen (secondary N) is 2. The van der Waals surface area contributed by atoms with Crippen molar-refractivity contribution in [3.05, 3.63) is 59.7 Å². The molecule has 0 bridgehead atoms. The fourth-order valence-corrected chi connectivity index (χ4v) is 5.06. The van der Waals surface area contributed by atoms with E-state index in [0.29, 0.717) is 31.0 Å². The molecule has 0 radical (unpaired) electrons. The first-order chi connectivity index (χ1) is 16.9. The maximum Gasteiger partial charge on any atom is 0.253 e. The molecule has 10 heteroatoms. The van der Waals surface area contributed by atoms with E-state index in [1.807, 2.05) is 12.1 Å². The van der Waals surface area contributed by atoms with Crippen LogP contribution in [0.15, 0.2) is 48.5 Å². The number of amides is 1. The summed E-state index contributed by atoms with van der Waals surface area (Å²) in [5, 5.41) is 3.02. The number of hydrogen-bond donors (Lipinski definition) is 2. The largest absolute Gasteiger partial charge is 0.379 e. The quantitative estimate of drug-likeness (QED) is 0.537. The van der Waals surface area contributed by atoms with Gasteiger partial charge in [-0.3, -0.25) is 19.3 Å². The van der Waals surface area contributed by atoms with Gasteiger partial charge in [0.2, 0.25) is 10.0 Å². The van der Waals surface area contributed by atoms with Gasteiger partial charge in [0.15, 0.2) is 0 Å². The summed E-state index contributed by atoms with van der Waals surface area (Å²) in [6.45, 7) is 8.69. The highest BCUT2D eigenvalue weighted by atomic mass is 32.2. The van der Waals surface area contributed by atoms with Crippen LogP contribution in [0, 0.1) is 0 Å². The van der Waals surface area contributed by atoms with E-state index in [1.165, 1.54) is 5.56 Å². The zero-order chi connectivity index (χ0) is 24.7. The van der Waals surface area contributed by atoms with Gasteiger partial charge in [0.25, 0.3) is 5.91 Å². The molecule has 0 saturated carbocycles. The third-order valence-corrected chi connectivity index (χ3v) is 6.93. The molecule has 2 aromatic rings. The summed E-state index contributed by atoms with van der Waals surface area (Å²) in [7, 11) is -3.45. The number of carbonyl (C=O) groups excluding carboxylic acids is 1. The van der Waals surface area contributed by atoms with Crippen LogP contribution in [-0.2, 0) is 21.3 Å². The number of benzene rings is 2. The van der Waals surface area contributed by atoms with E-state index in [4.69, 9.17) is 4.74 Å². The molecule has 4 rings (SSSR count). The Morgan fingerprint density at radius 3 is 2.34 bits per heavy atom. The van der Waals surface area contributed by atoms with Gasteiger partial charge in [-0.1, -0.05) is 30.3 Å². The number of rotatable bonds is 9. The van der Waals surface area contributed by atoms with Crippen molar-refractivity contribution in [3.8, 4) is 0 Å². The number of morpholine rings is 1. The number of sulfonamides is 1. The lowest BCUT2D eigenvalue weighted by Gasteiger charge is -2.37. The summed E-state index contributed by atoms with van der Waals surface area (Å²) in [6.07, 6.45) is 1.11. The van der Waals surface area contributed by atoms with Crippen LogP contribution in [-0.4, -0.2) is 96.0 Å². The second-order valence-corrected chi connectivity index (χ2v) is 10.8. The lowest BCUT2D eigenvalue weighted by atomic mass is 10.1. The Hall–Kier alpha value is -2.66. The lowest BCUT2D eigenvalue weighted by Crippen LogP contribution is -2.46. The summed E-state index contributed by atoms with van der Waals surface area (Å²) in [5.41, 5.74) is 2.99. The van der Waals surface area contributed by atoms with Crippen LogP contribution in [0.2, 0.25) is 0 Å².